The van der Waals surface area contributed by atoms with Crippen LogP contribution in [0.15, 0.2) is 0 Å². The lowest BCUT2D eigenvalue weighted by atomic mass is 10.3. The van der Waals surface area contributed by atoms with E-state index in [4.69, 9.17) is 5.11 Å². The van der Waals surface area contributed by atoms with E-state index in [-0.39, 0.29) is 12.5 Å². The maximum absolute atomic E-state index is 11.0. The van der Waals surface area contributed by atoms with Crippen LogP contribution in [0.25, 0.3) is 0 Å². The summed E-state index contributed by atoms with van der Waals surface area (Å²) >= 11 is 0. The molecule has 0 aliphatic rings. The summed E-state index contributed by atoms with van der Waals surface area (Å²) in [7, 11) is 0. The standard InChI is InChI=1S/C9H19NO2/c1-3-4-6-10(9(2)12)7-5-8-11/h11H,3-8H2,1-2H3. The van der Waals surface area contributed by atoms with Crippen LogP contribution in [0.1, 0.15) is 33.1 Å². The van der Waals surface area contributed by atoms with E-state index in [0.29, 0.717) is 13.0 Å². The molecule has 3 heteroatoms. The molecule has 3 nitrogen and oxygen atoms in total. The Labute approximate surface area is 74.4 Å². The fourth-order valence-electron chi connectivity index (χ4n) is 1.04. The average molecular weight is 173 g/mol. The molecule has 0 saturated carbocycles. The van der Waals surface area contributed by atoms with Gasteiger partial charge in [-0.1, -0.05) is 13.3 Å². The number of unbranched alkanes of at least 4 members (excludes halogenated alkanes) is 1. The van der Waals surface area contributed by atoms with Crippen LogP contribution in [0.3, 0.4) is 0 Å². The Morgan fingerprint density at radius 2 is 1.92 bits per heavy atom. The van der Waals surface area contributed by atoms with E-state index in [0.717, 1.165) is 19.4 Å². The topological polar surface area (TPSA) is 40.5 Å². The maximum atomic E-state index is 11.0. The van der Waals surface area contributed by atoms with Gasteiger partial charge in [-0.05, 0) is 12.8 Å². The molecule has 0 aliphatic carbocycles. The van der Waals surface area contributed by atoms with E-state index < -0.39 is 0 Å². The van der Waals surface area contributed by atoms with Gasteiger partial charge >= 0.3 is 0 Å². The third kappa shape index (κ3) is 5.13. The zero-order valence-electron chi connectivity index (χ0n) is 8.05. The number of hydrogen-bond donors (Lipinski definition) is 1. The molecule has 0 aromatic heterocycles. The lowest BCUT2D eigenvalue weighted by Gasteiger charge is -2.19. The summed E-state index contributed by atoms with van der Waals surface area (Å²) in [6.07, 6.45) is 2.83. The second kappa shape index (κ2) is 7.10. The third-order valence-electron chi connectivity index (χ3n) is 1.81. The molecule has 0 saturated heterocycles. The van der Waals surface area contributed by atoms with Crippen molar-refractivity contribution in [3.8, 4) is 0 Å². The van der Waals surface area contributed by atoms with Crippen LogP contribution in [0.4, 0.5) is 0 Å². The van der Waals surface area contributed by atoms with E-state index in [2.05, 4.69) is 6.92 Å². The summed E-state index contributed by atoms with van der Waals surface area (Å²) in [5, 5.41) is 8.58. The number of aliphatic hydroxyl groups is 1. The molecule has 0 fully saturated rings. The third-order valence-corrected chi connectivity index (χ3v) is 1.81. The fraction of sp³-hybridized carbons (Fsp3) is 0.889. The van der Waals surface area contributed by atoms with E-state index in [9.17, 15) is 4.79 Å². The van der Waals surface area contributed by atoms with Crippen molar-refractivity contribution in [1.29, 1.82) is 0 Å². The molecule has 0 radical (unpaired) electrons. The van der Waals surface area contributed by atoms with Crippen molar-refractivity contribution in [3.63, 3.8) is 0 Å². The Bertz CT molecular complexity index is 118. The van der Waals surface area contributed by atoms with Gasteiger partial charge < -0.3 is 10.0 Å². The Kier molecular flexibility index (Phi) is 6.76. The Hall–Kier alpha value is -0.570. The van der Waals surface area contributed by atoms with Gasteiger partial charge in [-0.3, -0.25) is 4.79 Å². The molecule has 12 heavy (non-hydrogen) atoms. The Balaban J connectivity index is 3.62. The molecule has 0 aromatic rings. The van der Waals surface area contributed by atoms with Gasteiger partial charge in [0.2, 0.25) is 5.91 Å². The second-order valence-corrected chi connectivity index (χ2v) is 2.94. The fourth-order valence-corrected chi connectivity index (χ4v) is 1.04. The van der Waals surface area contributed by atoms with Gasteiger partial charge in [0.25, 0.3) is 0 Å². The zero-order chi connectivity index (χ0) is 9.40. The number of rotatable bonds is 6. The first-order valence-electron chi connectivity index (χ1n) is 4.58. The molecule has 0 aromatic carbocycles. The van der Waals surface area contributed by atoms with Crippen molar-refractivity contribution in [3.05, 3.63) is 0 Å². The molecule has 1 N–H and O–H groups in total. The normalized spacial score (nSPS) is 9.92. The lowest BCUT2D eigenvalue weighted by Crippen LogP contribution is -2.31. The second-order valence-electron chi connectivity index (χ2n) is 2.94. The van der Waals surface area contributed by atoms with Crippen LogP contribution >= 0.6 is 0 Å². The number of carbonyl (C=O) groups excluding carboxylic acids is 1. The molecule has 0 atom stereocenters. The smallest absolute Gasteiger partial charge is 0.219 e. The van der Waals surface area contributed by atoms with E-state index in [1.54, 1.807) is 11.8 Å². The predicted molar refractivity (Wildman–Crippen MR) is 48.9 cm³/mol. The van der Waals surface area contributed by atoms with Gasteiger partial charge in [-0.25, -0.2) is 0 Å². The first-order valence-corrected chi connectivity index (χ1v) is 4.58. The van der Waals surface area contributed by atoms with Crippen molar-refractivity contribution in [2.75, 3.05) is 19.7 Å². The van der Waals surface area contributed by atoms with Gasteiger partial charge in [-0.15, -0.1) is 0 Å². The van der Waals surface area contributed by atoms with Crippen LogP contribution in [0.2, 0.25) is 0 Å². The van der Waals surface area contributed by atoms with Crippen molar-refractivity contribution in [2.24, 2.45) is 0 Å². The molecule has 0 rings (SSSR count). The maximum Gasteiger partial charge on any atom is 0.219 e. The molecular formula is C9H19NO2. The predicted octanol–water partition coefficient (Wildman–Crippen LogP) is 1.02. The van der Waals surface area contributed by atoms with E-state index in [1.807, 2.05) is 0 Å². The van der Waals surface area contributed by atoms with Gasteiger partial charge in [0.15, 0.2) is 0 Å². The summed E-state index contributed by atoms with van der Waals surface area (Å²) in [5.41, 5.74) is 0. The van der Waals surface area contributed by atoms with Gasteiger partial charge in [0.1, 0.15) is 0 Å². The number of carbonyl (C=O) groups is 1. The minimum absolute atomic E-state index is 0.108. The SMILES string of the molecule is CCCCN(CCCO)C(C)=O. The van der Waals surface area contributed by atoms with Gasteiger partial charge in [0.05, 0.1) is 0 Å². The van der Waals surface area contributed by atoms with Crippen LogP contribution in [-0.2, 0) is 4.79 Å². The average Bonchev–Trinajstić information content (AvgIpc) is 2.04. The summed E-state index contributed by atoms with van der Waals surface area (Å²) in [4.78, 5) is 12.8. The van der Waals surface area contributed by atoms with E-state index in [1.165, 1.54) is 0 Å². The number of hydrogen-bond acceptors (Lipinski definition) is 2. The largest absolute Gasteiger partial charge is 0.396 e. The lowest BCUT2D eigenvalue weighted by molar-refractivity contribution is -0.129. The monoisotopic (exact) mass is 173 g/mol. The highest BCUT2D eigenvalue weighted by molar-refractivity contribution is 5.73. The van der Waals surface area contributed by atoms with Crippen molar-refractivity contribution >= 4 is 5.91 Å². The number of amides is 1. The quantitative estimate of drug-likeness (QED) is 0.651. The molecule has 72 valence electrons. The summed E-state index contributed by atoms with van der Waals surface area (Å²) in [5.74, 6) is 0.108. The highest BCUT2D eigenvalue weighted by atomic mass is 16.3. The van der Waals surface area contributed by atoms with Crippen molar-refractivity contribution in [2.45, 2.75) is 33.1 Å². The molecule has 0 heterocycles. The van der Waals surface area contributed by atoms with Crippen molar-refractivity contribution < 1.29 is 9.90 Å². The van der Waals surface area contributed by atoms with Crippen molar-refractivity contribution in [1.82, 2.24) is 4.90 Å². The molecule has 0 bridgehead atoms. The molecule has 1 amide bonds. The summed E-state index contributed by atoms with van der Waals surface area (Å²) < 4.78 is 0. The van der Waals surface area contributed by atoms with Gasteiger partial charge in [-0.2, -0.15) is 0 Å². The summed E-state index contributed by atoms with van der Waals surface area (Å²) in [6.45, 7) is 5.35. The Morgan fingerprint density at radius 1 is 1.33 bits per heavy atom. The first-order chi connectivity index (χ1) is 5.72. The Morgan fingerprint density at radius 3 is 2.33 bits per heavy atom. The molecular weight excluding hydrogens is 154 g/mol. The van der Waals surface area contributed by atoms with Gasteiger partial charge in [0, 0.05) is 26.6 Å². The first kappa shape index (κ1) is 11.4. The highest BCUT2D eigenvalue weighted by Crippen LogP contribution is 1.96. The number of aliphatic hydroxyl groups excluding tert-OH is 1. The molecule has 0 spiro atoms. The molecule has 0 aliphatic heterocycles. The molecule has 0 unspecified atom stereocenters. The van der Waals surface area contributed by atoms with Crippen LogP contribution in [-0.4, -0.2) is 35.6 Å². The minimum Gasteiger partial charge on any atom is -0.396 e. The van der Waals surface area contributed by atoms with Crippen LogP contribution in [0, 0.1) is 0 Å². The minimum atomic E-state index is 0.108. The van der Waals surface area contributed by atoms with Crippen LogP contribution < -0.4 is 0 Å². The summed E-state index contributed by atoms with van der Waals surface area (Å²) in [6, 6.07) is 0. The van der Waals surface area contributed by atoms with E-state index >= 15 is 0 Å². The van der Waals surface area contributed by atoms with Crippen LogP contribution in [0.5, 0.6) is 0 Å². The zero-order valence-corrected chi connectivity index (χ0v) is 8.05. The highest BCUT2D eigenvalue weighted by Gasteiger charge is 2.05. The number of nitrogens with zero attached hydrogens (tertiary/aromatic N) is 1.